The molecule has 1 amide bonds. The Morgan fingerprint density at radius 2 is 2.08 bits per heavy atom. The van der Waals surface area contributed by atoms with Crippen LogP contribution >= 0.6 is 22.6 Å². The van der Waals surface area contributed by atoms with Crippen LogP contribution in [0.2, 0.25) is 0 Å². The zero-order valence-electron chi connectivity index (χ0n) is 15.6. The molecule has 0 aliphatic carbocycles. The van der Waals surface area contributed by atoms with Crippen LogP contribution < -0.4 is 4.74 Å². The Bertz CT molecular complexity index is 574. The monoisotopic (exact) mass is 460 g/mol. The second-order valence-electron chi connectivity index (χ2n) is 7.48. The predicted molar refractivity (Wildman–Crippen MR) is 108 cm³/mol. The molecule has 6 heteroatoms. The summed E-state index contributed by atoms with van der Waals surface area (Å²) in [4.78, 5) is 16.5. The van der Waals surface area contributed by atoms with Crippen LogP contribution in [0.15, 0.2) is 24.3 Å². The largest absolute Gasteiger partial charge is 0.494 e. The first-order valence-electron chi connectivity index (χ1n) is 8.85. The van der Waals surface area contributed by atoms with Crippen LogP contribution in [0.25, 0.3) is 0 Å². The Morgan fingerprint density at radius 1 is 1.32 bits per heavy atom. The van der Waals surface area contributed by atoms with Gasteiger partial charge in [-0.3, -0.25) is 4.90 Å². The lowest BCUT2D eigenvalue weighted by Crippen LogP contribution is -2.55. The van der Waals surface area contributed by atoms with Gasteiger partial charge in [-0.05, 0) is 74.9 Å². The van der Waals surface area contributed by atoms with Gasteiger partial charge in [0.1, 0.15) is 11.4 Å². The van der Waals surface area contributed by atoms with Gasteiger partial charge < -0.3 is 14.4 Å². The number of ether oxygens (including phenoxy) is 2. The van der Waals surface area contributed by atoms with Crippen LogP contribution in [-0.4, -0.2) is 60.3 Å². The van der Waals surface area contributed by atoms with Crippen molar-refractivity contribution in [2.75, 3.05) is 32.8 Å². The van der Waals surface area contributed by atoms with E-state index in [1.165, 1.54) is 3.57 Å². The first-order valence-corrected chi connectivity index (χ1v) is 9.93. The average Bonchev–Trinajstić information content (AvgIpc) is 2.50. The minimum absolute atomic E-state index is 0.167. The maximum absolute atomic E-state index is 12.2. The first-order chi connectivity index (χ1) is 11.7. The quantitative estimate of drug-likeness (QED) is 0.492. The van der Waals surface area contributed by atoms with Gasteiger partial charge in [0.05, 0.1) is 6.61 Å². The lowest BCUT2D eigenvalue weighted by molar-refractivity contribution is 0.00105. The third kappa shape index (κ3) is 7.01. The van der Waals surface area contributed by atoms with Crippen molar-refractivity contribution in [3.05, 3.63) is 27.8 Å². The van der Waals surface area contributed by atoms with E-state index in [1.54, 1.807) is 0 Å². The Morgan fingerprint density at radius 3 is 2.72 bits per heavy atom. The van der Waals surface area contributed by atoms with Gasteiger partial charge in [-0.15, -0.1) is 0 Å². The van der Waals surface area contributed by atoms with E-state index in [1.807, 2.05) is 43.9 Å². The summed E-state index contributed by atoms with van der Waals surface area (Å²) in [5.74, 6) is 0.926. The van der Waals surface area contributed by atoms with Crippen molar-refractivity contribution in [2.45, 2.75) is 45.8 Å². The fourth-order valence-electron chi connectivity index (χ4n) is 2.86. The number of carbonyl (C=O) groups excluding carboxylic acids is 1. The zero-order valence-corrected chi connectivity index (χ0v) is 17.8. The van der Waals surface area contributed by atoms with Crippen LogP contribution in [0, 0.1) is 3.57 Å². The minimum Gasteiger partial charge on any atom is -0.494 e. The molecule has 1 aliphatic heterocycles. The summed E-state index contributed by atoms with van der Waals surface area (Å²) in [5.41, 5.74) is -0.444. The maximum atomic E-state index is 12.2. The molecule has 1 heterocycles. The van der Waals surface area contributed by atoms with Gasteiger partial charge in [0.15, 0.2) is 0 Å². The molecule has 140 valence electrons. The lowest BCUT2D eigenvalue weighted by Gasteiger charge is -2.40. The highest BCUT2D eigenvalue weighted by atomic mass is 127. The molecule has 0 aromatic heterocycles. The Hall–Kier alpha value is -1.02. The summed E-state index contributed by atoms with van der Waals surface area (Å²) in [6.07, 6.45) is 0.770. The highest BCUT2D eigenvalue weighted by Crippen LogP contribution is 2.17. The molecule has 5 nitrogen and oxygen atoms in total. The van der Waals surface area contributed by atoms with Crippen LogP contribution in [0.4, 0.5) is 4.79 Å². The molecule has 1 saturated heterocycles. The van der Waals surface area contributed by atoms with Crippen molar-refractivity contribution < 1.29 is 14.3 Å². The summed E-state index contributed by atoms with van der Waals surface area (Å²) in [5, 5.41) is 0. The number of hydrogen-bond donors (Lipinski definition) is 0. The Labute approximate surface area is 164 Å². The second kappa shape index (κ2) is 9.07. The van der Waals surface area contributed by atoms with Crippen LogP contribution in [0.5, 0.6) is 5.75 Å². The molecule has 1 atom stereocenters. The van der Waals surface area contributed by atoms with Crippen molar-refractivity contribution in [1.29, 1.82) is 0 Å². The van der Waals surface area contributed by atoms with Crippen LogP contribution in [0.1, 0.15) is 34.1 Å². The van der Waals surface area contributed by atoms with Gasteiger partial charge in [0, 0.05) is 35.8 Å². The number of benzene rings is 1. The van der Waals surface area contributed by atoms with Crippen LogP contribution in [-0.2, 0) is 4.74 Å². The fraction of sp³-hybridized carbons (Fsp3) is 0.632. The molecule has 0 bridgehead atoms. The third-order valence-corrected chi connectivity index (χ3v) is 4.69. The SMILES string of the molecule is CC1CN(CCCOc2cccc(I)c2)CCN1C(=O)OC(C)(C)C. The van der Waals surface area contributed by atoms with Crippen molar-refractivity contribution in [3.8, 4) is 5.75 Å². The van der Waals surface area contributed by atoms with Gasteiger partial charge >= 0.3 is 6.09 Å². The highest BCUT2D eigenvalue weighted by molar-refractivity contribution is 14.1. The molecule has 2 rings (SSSR count). The molecule has 0 N–H and O–H groups in total. The smallest absolute Gasteiger partial charge is 0.410 e. The Balaban J connectivity index is 1.69. The average molecular weight is 460 g/mol. The van der Waals surface area contributed by atoms with Crippen LogP contribution in [0.3, 0.4) is 0 Å². The predicted octanol–water partition coefficient (Wildman–Crippen LogP) is 4.00. The van der Waals surface area contributed by atoms with E-state index in [4.69, 9.17) is 9.47 Å². The summed E-state index contributed by atoms with van der Waals surface area (Å²) >= 11 is 2.29. The van der Waals surface area contributed by atoms with E-state index in [2.05, 4.69) is 40.5 Å². The van der Waals surface area contributed by atoms with Crippen molar-refractivity contribution in [1.82, 2.24) is 9.80 Å². The molecule has 0 spiro atoms. The number of carbonyl (C=O) groups is 1. The highest BCUT2D eigenvalue weighted by Gasteiger charge is 2.30. The number of rotatable bonds is 5. The Kier molecular flexibility index (Phi) is 7.37. The summed E-state index contributed by atoms with van der Waals surface area (Å²) in [7, 11) is 0. The molecular weight excluding hydrogens is 431 g/mol. The van der Waals surface area contributed by atoms with Crippen molar-refractivity contribution >= 4 is 28.7 Å². The molecule has 1 aromatic carbocycles. The van der Waals surface area contributed by atoms with E-state index < -0.39 is 5.60 Å². The van der Waals surface area contributed by atoms with Gasteiger partial charge in [0.25, 0.3) is 0 Å². The summed E-state index contributed by atoms with van der Waals surface area (Å²) in [6, 6.07) is 8.26. The molecular formula is C19H29IN2O3. The number of hydrogen-bond acceptors (Lipinski definition) is 4. The summed E-state index contributed by atoms with van der Waals surface area (Å²) in [6.45, 7) is 12.0. The van der Waals surface area contributed by atoms with E-state index in [-0.39, 0.29) is 12.1 Å². The number of piperazine rings is 1. The number of nitrogens with zero attached hydrogens (tertiary/aromatic N) is 2. The third-order valence-electron chi connectivity index (χ3n) is 4.02. The first kappa shape index (κ1) is 20.3. The van der Waals surface area contributed by atoms with E-state index >= 15 is 0 Å². The van der Waals surface area contributed by atoms with Gasteiger partial charge in [-0.2, -0.15) is 0 Å². The maximum Gasteiger partial charge on any atom is 0.410 e. The number of amides is 1. The zero-order chi connectivity index (χ0) is 18.4. The van der Waals surface area contributed by atoms with Crippen molar-refractivity contribution in [3.63, 3.8) is 0 Å². The van der Waals surface area contributed by atoms with Gasteiger partial charge in [0.2, 0.25) is 0 Å². The van der Waals surface area contributed by atoms with E-state index in [0.717, 1.165) is 31.8 Å². The second-order valence-corrected chi connectivity index (χ2v) is 8.73. The van der Waals surface area contributed by atoms with Gasteiger partial charge in [-0.25, -0.2) is 4.79 Å². The van der Waals surface area contributed by atoms with Gasteiger partial charge in [-0.1, -0.05) is 6.07 Å². The topological polar surface area (TPSA) is 42.0 Å². The summed E-state index contributed by atoms with van der Waals surface area (Å²) < 4.78 is 12.5. The lowest BCUT2D eigenvalue weighted by atomic mass is 10.2. The van der Waals surface area contributed by atoms with E-state index in [0.29, 0.717) is 13.2 Å². The molecule has 1 unspecified atom stereocenters. The normalized spacial score (nSPS) is 18.9. The molecule has 0 radical (unpaired) electrons. The fourth-order valence-corrected chi connectivity index (χ4v) is 3.38. The molecule has 0 saturated carbocycles. The van der Waals surface area contributed by atoms with E-state index in [9.17, 15) is 4.79 Å². The molecule has 1 aliphatic rings. The molecule has 1 aromatic rings. The van der Waals surface area contributed by atoms with Crippen molar-refractivity contribution in [2.24, 2.45) is 0 Å². The number of halogens is 1. The molecule has 25 heavy (non-hydrogen) atoms. The standard InChI is InChI=1S/C19H29IN2O3/c1-15-14-21(10-11-22(15)18(23)25-19(2,3)4)9-6-12-24-17-8-5-7-16(20)13-17/h5,7-8,13,15H,6,9-12,14H2,1-4H3. The molecule has 1 fully saturated rings. The minimum atomic E-state index is -0.444.